The van der Waals surface area contributed by atoms with Crippen LogP contribution in [0.25, 0.3) is 0 Å². The first-order valence-electron chi connectivity index (χ1n) is 9.06. The zero-order chi connectivity index (χ0) is 16.9. The second kappa shape index (κ2) is 7.95. The predicted molar refractivity (Wildman–Crippen MR) is 95.4 cm³/mol. The highest BCUT2D eigenvalue weighted by atomic mass is 16.3. The number of aliphatic hydroxyl groups excluding tert-OH is 1. The number of carbonyl (C=O) groups excluding carboxylic acids is 1. The molecule has 1 aliphatic heterocycles. The van der Waals surface area contributed by atoms with E-state index in [0.717, 1.165) is 31.4 Å². The zero-order valence-electron chi connectivity index (χ0n) is 14.5. The van der Waals surface area contributed by atoms with E-state index < -0.39 is 0 Å². The van der Waals surface area contributed by atoms with Crippen molar-refractivity contribution in [1.82, 2.24) is 10.2 Å². The molecule has 2 unspecified atom stereocenters. The van der Waals surface area contributed by atoms with Crippen molar-refractivity contribution in [2.24, 2.45) is 0 Å². The summed E-state index contributed by atoms with van der Waals surface area (Å²) in [5.41, 5.74) is 3.47. The van der Waals surface area contributed by atoms with Crippen LogP contribution in [0.2, 0.25) is 0 Å². The fourth-order valence-electron chi connectivity index (χ4n) is 3.86. The minimum atomic E-state index is -0.301. The van der Waals surface area contributed by atoms with Gasteiger partial charge >= 0.3 is 0 Å². The maximum absolute atomic E-state index is 12.4. The van der Waals surface area contributed by atoms with Gasteiger partial charge in [-0.2, -0.15) is 0 Å². The van der Waals surface area contributed by atoms with Crippen LogP contribution in [0.5, 0.6) is 0 Å². The van der Waals surface area contributed by atoms with E-state index in [1.165, 1.54) is 24.0 Å². The molecule has 4 heteroatoms. The van der Waals surface area contributed by atoms with Crippen molar-refractivity contribution in [1.29, 1.82) is 0 Å². The van der Waals surface area contributed by atoms with Crippen molar-refractivity contribution in [3.63, 3.8) is 0 Å². The fraction of sp³-hybridized carbons (Fsp3) is 0.550. The lowest BCUT2D eigenvalue weighted by Gasteiger charge is -2.24. The smallest absolute Gasteiger partial charge is 0.246 e. The number of aliphatic hydroxyl groups is 1. The largest absolute Gasteiger partial charge is 0.392 e. The summed E-state index contributed by atoms with van der Waals surface area (Å²) in [4.78, 5) is 14.7. The van der Waals surface area contributed by atoms with E-state index in [2.05, 4.69) is 22.3 Å². The molecule has 0 spiro atoms. The average Bonchev–Trinajstić information content (AvgIpc) is 3.23. The highest BCUT2D eigenvalue weighted by Gasteiger charge is 2.31. The minimum absolute atomic E-state index is 0.0629. The summed E-state index contributed by atoms with van der Waals surface area (Å²) in [5, 5.41) is 13.1. The summed E-state index contributed by atoms with van der Waals surface area (Å²) < 4.78 is 0. The summed E-state index contributed by atoms with van der Waals surface area (Å²) in [6, 6.07) is 10.5. The normalized spacial score (nSPS) is 24.3. The van der Waals surface area contributed by atoms with E-state index in [4.69, 9.17) is 0 Å². The topological polar surface area (TPSA) is 52.6 Å². The molecule has 2 N–H and O–H groups in total. The summed E-state index contributed by atoms with van der Waals surface area (Å²) in [7, 11) is 0. The van der Waals surface area contributed by atoms with Crippen molar-refractivity contribution in [3.8, 4) is 0 Å². The molecule has 0 radical (unpaired) electrons. The van der Waals surface area contributed by atoms with Crippen molar-refractivity contribution < 1.29 is 9.90 Å². The molecule has 1 saturated heterocycles. The third kappa shape index (κ3) is 4.25. The molecule has 0 aromatic heterocycles. The number of hydrogen-bond acceptors (Lipinski definition) is 3. The monoisotopic (exact) mass is 328 g/mol. The third-order valence-electron chi connectivity index (χ3n) is 5.31. The molecule has 24 heavy (non-hydrogen) atoms. The first kappa shape index (κ1) is 17.2. The molecule has 4 nitrogen and oxygen atoms in total. The predicted octanol–water partition coefficient (Wildman–Crippen LogP) is 2.63. The van der Waals surface area contributed by atoms with Gasteiger partial charge < -0.3 is 10.4 Å². The molecular weight excluding hydrogens is 300 g/mol. The van der Waals surface area contributed by atoms with Gasteiger partial charge in [0.1, 0.15) is 0 Å². The lowest BCUT2D eigenvalue weighted by molar-refractivity contribution is -0.117. The maximum Gasteiger partial charge on any atom is 0.246 e. The molecule has 1 aliphatic carbocycles. The van der Waals surface area contributed by atoms with Gasteiger partial charge in [-0.15, -0.1) is 0 Å². The minimum Gasteiger partial charge on any atom is -0.392 e. The number of amides is 1. The average molecular weight is 328 g/mol. The number of nitrogens with one attached hydrogen (secondary N) is 1. The van der Waals surface area contributed by atoms with E-state index in [9.17, 15) is 9.90 Å². The quantitative estimate of drug-likeness (QED) is 0.817. The zero-order valence-corrected chi connectivity index (χ0v) is 14.5. The number of hydrogen-bond donors (Lipinski definition) is 2. The Labute approximate surface area is 144 Å². The lowest BCUT2D eigenvalue weighted by Crippen LogP contribution is -2.40. The Morgan fingerprint density at radius 2 is 1.96 bits per heavy atom. The molecule has 1 aromatic carbocycles. The van der Waals surface area contributed by atoms with Gasteiger partial charge in [-0.25, -0.2) is 0 Å². The van der Waals surface area contributed by atoms with Crippen LogP contribution >= 0.6 is 0 Å². The molecule has 1 heterocycles. The lowest BCUT2D eigenvalue weighted by atomic mass is 10.1. The van der Waals surface area contributed by atoms with Crippen LogP contribution in [0.4, 0.5) is 0 Å². The Hall–Kier alpha value is -1.65. The van der Waals surface area contributed by atoms with Gasteiger partial charge in [-0.3, -0.25) is 9.69 Å². The molecule has 2 aliphatic rings. The Balaban J connectivity index is 1.56. The summed E-state index contributed by atoms with van der Waals surface area (Å²) in [6.07, 6.45) is 4.98. The SMILES string of the molecule is CC(C(=O)NCC1CC(O)CN1Cc1ccccc1)=C1CCCC1. The first-order chi connectivity index (χ1) is 11.6. The number of rotatable bonds is 5. The van der Waals surface area contributed by atoms with Gasteiger partial charge in [0.25, 0.3) is 0 Å². The van der Waals surface area contributed by atoms with Gasteiger partial charge in [-0.1, -0.05) is 35.9 Å². The van der Waals surface area contributed by atoms with E-state index in [1.54, 1.807) is 0 Å². The Morgan fingerprint density at radius 3 is 2.67 bits per heavy atom. The van der Waals surface area contributed by atoms with Crippen molar-refractivity contribution >= 4 is 5.91 Å². The number of likely N-dealkylation sites (tertiary alicyclic amines) is 1. The first-order valence-corrected chi connectivity index (χ1v) is 9.06. The number of benzene rings is 1. The molecule has 130 valence electrons. The van der Waals surface area contributed by atoms with Crippen molar-refractivity contribution in [3.05, 3.63) is 47.0 Å². The van der Waals surface area contributed by atoms with Gasteiger partial charge in [0.2, 0.25) is 5.91 Å². The van der Waals surface area contributed by atoms with Crippen LogP contribution < -0.4 is 5.32 Å². The summed E-state index contributed by atoms with van der Waals surface area (Å²) >= 11 is 0. The van der Waals surface area contributed by atoms with E-state index in [0.29, 0.717) is 13.1 Å². The van der Waals surface area contributed by atoms with E-state index >= 15 is 0 Å². The molecule has 1 saturated carbocycles. The van der Waals surface area contributed by atoms with Crippen LogP contribution in [0.15, 0.2) is 41.5 Å². The van der Waals surface area contributed by atoms with Gasteiger partial charge in [0.15, 0.2) is 0 Å². The molecule has 3 rings (SSSR count). The molecular formula is C20H28N2O2. The standard InChI is InChI=1S/C20H28N2O2/c1-15(17-9-5-6-10-17)20(24)21-12-18-11-19(23)14-22(18)13-16-7-3-2-4-8-16/h2-4,7-8,18-19,23H,5-6,9-14H2,1H3,(H,21,24). The Kier molecular flexibility index (Phi) is 5.69. The maximum atomic E-state index is 12.4. The molecule has 0 bridgehead atoms. The second-order valence-electron chi connectivity index (χ2n) is 7.10. The Morgan fingerprint density at radius 1 is 1.25 bits per heavy atom. The van der Waals surface area contributed by atoms with Gasteiger partial charge in [0.05, 0.1) is 6.10 Å². The number of nitrogens with zero attached hydrogens (tertiary/aromatic N) is 1. The van der Waals surface area contributed by atoms with Crippen LogP contribution in [-0.4, -0.2) is 41.1 Å². The molecule has 2 atom stereocenters. The van der Waals surface area contributed by atoms with Crippen LogP contribution in [0.1, 0.15) is 44.6 Å². The number of β-amino-alcohol motifs (C(OH)–C–C–N with tert-alkyl or cyclic N) is 1. The van der Waals surface area contributed by atoms with Crippen molar-refractivity contribution in [2.45, 2.75) is 57.7 Å². The van der Waals surface area contributed by atoms with Gasteiger partial charge in [-0.05, 0) is 44.6 Å². The van der Waals surface area contributed by atoms with Crippen LogP contribution in [0, 0.1) is 0 Å². The third-order valence-corrected chi connectivity index (χ3v) is 5.31. The summed E-state index contributed by atoms with van der Waals surface area (Å²) in [6.45, 7) is 4.04. The van der Waals surface area contributed by atoms with E-state index in [1.807, 2.05) is 25.1 Å². The highest BCUT2D eigenvalue weighted by molar-refractivity contribution is 5.93. The van der Waals surface area contributed by atoms with E-state index in [-0.39, 0.29) is 18.1 Å². The van der Waals surface area contributed by atoms with Crippen LogP contribution in [-0.2, 0) is 11.3 Å². The highest BCUT2D eigenvalue weighted by Crippen LogP contribution is 2.27. The van der Waals surface area contributed by atoms with Gasteiger partial charge in [0, 0.05) is 31.2 Å². The Bertz CT molecular complexity index is 589. The summed E-state index contributed by atoms with van der Waals surface area (Å²) in [5.74, 6) is 0.0629. The molecule has 1 amide bonds. The second-order valence-corrected chi connectivity index (χ2v) is 7.10. The van der Waals surface area contributed by atoms with Crippen molar-refractivity contribution in [2.75, 3.05) is 13.1 Å². The molecule has 2 fully saturated rings. The fourth-order valence-corrected chi connectivity index (χ4v) is 3.86. The molecule has 1 aromatic rings. The van der Waals surface area contributed by atoms with Crippen LogP contribution in [0.3, 0.4) is 0 Å². The number of carbonyl (C=O) groups is 1. The number of allylic oxidation sites excluding steroid dienone is 1.